The summed E-state index contributed by atoms with van der Waals surface area (Å²) in [5.41, 5.74) is -3.01. The minimum absolute atomic E-state index is 0.00627. The summed E-state index contributed by atoms with van der Waals surface area (Å²) in [5, 5.41) is 23.0. The molecule has 0 saturated carbocycles. The van der Waals surface area contributed by atoms with E-state index in [1.54, 1.807) is 58.0 Å². The van der Waals surface area contributed by atoms with E-state index in [9.17, 15) is 33.0 Å². The van der Waals surface area contributed by atoms with Crippen molar-refractivity contribution in [2.75, 3.05) is 21.2 Å². The second-order valence-corrected chi connectivity index (χ2v) is 17.5. The standard InChI is InChI=1S/C39H63NO13S/c1-13-30-39(9,45)34(43)24(4)31(42)22(2)20-38(8,48-12)35(52-37-33(50-27(7)41)29(40(10)11)19-23(3)49-37)25(5)32(26(6)36(44)51-30)53-54(46,47)21-28-17-15-14-16-18-28/h14-18,22-26,29-30,32-35,37,43,45H,13,19-21H2,1-12H3/t22-,23-,24+,25+,26-,29+,30-,32+,33-,34-,35-,37+,38-,39-/m1/s1. The predicted octanol–water partition coefficient (Wildman–Crippen LogP) is 3.64. The SMILES string of the molecule is CC[C@H]1OC(=O)[C@H](C)[C@@H](OS(=O)(=O)Cc2ccccc2)[C@H](C)[C@@H](O[C@@H]2O[C@H](C)C[C@H](N(C)C)[C@H]2OC(C)=O)[C@](C)(OC)C[C@@H](C)C(=O)[C@H](C)[C@@H](O)[C@]1(C)O. The highest BCUT2D eigenvalue weighted by atomic mass is 32.2. The number of aliphatic hydroxyl groups excluding tert-OH is 1. The van der Waals surface area contributed by atoms with E-state index in [1.165, 1.54) is 34.8 Å². The van der Waals surface area contributed by atoms with Gasteiger partial charge < -0.3 is 38.8 Å². The summed E-state index contributed by atoms with van der Waals surface area (Å²) in [4.78, 5) is 42.4. The fourth-order valence-electron chi connectivity index (χ4n) is 8.03. The smallest absolute Gasteiger partial charge is 0.311 e. The lowest BCUT2D eigenvalue weighted by molar-refractivity contribution is -0.303. The number of ether oxygens (including phenoxy) is 5. The van der Waals surface area contributed by atoms with E-state index in [4.69, 9.17) is 27.9 Å². The molecule has 15 heteroatoms. The maximum Gasteiger partial charge on any atom is 0.311 e. The number of esters is 2. The zero-order valence-corrected chi connectivity index (χ0v) is 34.7. The fraction of sp³-hybridized carbons (Fsp3) is 0.769. The second kappa shape index (κ2) is 18.6. The normalized spacial score (nSPS) is 39.1. The molecule has 0 aliphatic carbocycles. The molecule has 0 amide bonds. The van der Waals surface area contributed by atoms with E-state index in [0.717, 1.165) is 0 Å². The Morgan fingerprint density at radius 2 is 1.63 bits per heavy atom. The highest BCUT2D eigenvalue weighted by molar-refractivity contribution is 7.85. The first-order chi connectivity index (χ1) is 25.0. The van der Waals surface area contributed by atoms with Crippen molar-refractivity contribution in [2.45, 2.75) is 147 Å². The first kappa shape index (κ1) is 45.9. The van der Waals surface area contributed by atoms with Gasteiger partial charge in [0.15, 0.2) is 12.4 Å². The molecule has 2 aliphatic rings. The number of methoxy groups -OCH3 is 1. The van der Waals surface area contributed by atoms with E-state index in [0.29, 0.717) is 12.0 Å². The molecule has 0 radical (unpaired) electrons. The number of carbonyl (C=O) groups excluding carboxylic acids is 3. The summed E-state index contributed by atoms with van der Waals surface area (Å²) in [6.07, 6.45) is -7.44. The third kappa shape index (κ3) is 10.9. The van der Waals surface area contributed by atoms with Crippen molar-refractivity contribution in [1.29, 1.82) is 0 Å². The summed E-state index contributed by atoms with van der Waals surface area (Å²) >= 11 is 0. The van der Waals surface area contributed by atoms with Crippen molar-refractivity contribution in [3.05, 3.63) is 35.9 Å². The Labute approximate surface area is 321 Å². The van der Waals surface area contributed by atoms with Crippen LogP contribution in [0.15, 0.2) is 30.3 Å². The zero-order chi connectivity index (χ0) is 40.9. The highest BCUT2D eigenvalue weighted by Gasteiger charge is 2.53. The van der Waals surface area contributed by atoms with Crippen molar-refractivity contribution in [1.82, 2.24) is 4.90 Å². The first-order valence-corrected chi connectivity index (χ1v) is 20.4. The molecule has 308 valence electrons. The number of nitrogens with zero attached hydrogens (tertiary/aromatic N) is 1. The van der Waals surface area contributed by atoms with Crippen molar-refractivity contribution in [2.24, 2.45) is 23.7 Å². The Bertz CT molecular complexity index is 1520. The van der Waals surface area contributed by atoms with Crippen LogP contribution in [0.4, 0.5) is 0 Å². The van der Waals surface area contributed by atoms with Crippen LogP contribution in [-0.4, -0.2) is 123 Å². The number of hydrogen-bond donors (Lipinski definition) is 2. The molecule has 2 saturated heterocycles. The molecule has 3 rings (SSSR count). The minimum Gasteiger partial charge on any atom is -0.459 e. The van der Waals surface area contributed by atoms with Crippen molar-refractivity contribution < 1.29 is 60.9 Å². The van der Waals surface area contributed by atoms with Gasteiger partial charge in [-0.25, -0.2) is 0 Å². The van der Waals surface area contributed by atoms with E-state index in [2.05, 4.69) is 0 Å². The van der Waals surface area contributed by atoms with Gasteiger partial charge in [0.05, 0.1) is 42.0 Å². The van der Waals surface area contributed by atoms with Crippen LogP contribution in [0.1, 0.15) is 87.1 Å². The Balaban J connectivity index is 2.28. The lowest BCUT2D eigenvalue weighted by Gasteiger charge is -2.49. The molecule has 2 heterocycles. The molecule has 0 unspecified atom stereocenters. The first-order valence-electron chi connectivity index (χ1n) is 18.8. The summed E-state index contributed by atoms with van der Waals surface area (Å²) in [6.45, 7) is 14.1. The topological polar surface area (TPSA) is 184 Å². The molecular weight excluding hydrogens is 722 g/mol. The average Bonchev–Trinajstić information content (AvgIpc) is 3.10. The van der Waals surface area contributed by atoms with E-state index in [-0.39, 0.29) is 25.0 Å². The number of likely N-dealkylation sites (N-methyl/N-ethyl adjacent to an activating group) is 1. The predicted molar refractivity (Wildman–Crippen MR) is 199 cm³/mol. The van der Waals surface area contributed by atoms with E-state index < -0.39 is 105 Å². The van der Waals surface area contributed by atoms with Crippen molar-refractivity contribution in [3.8, 4) is 0 Å². The Morgan fingerprint density at radius 1 is 1.02 bits per heavy atom. The van der Waals surface area contributed by atoms with E-state index >= 15 is 0 Å². The van der Waals surface area contributed by atoms with Gasteiger partial charge in [-0.2, -0.15) is 8.42 Å². The number of Topliss-reactive ketones (excluding diaryl/α,β-unsaturated/α-hetero) is 1. The Kier molecular flexibility index (Phi) is 15.8. The van der Waals surface area contributed by atoms with Crippen LogP contribution in [0, 0.1) is 23.7 Å². The maximum absolute atomic E-state index is 14.1. The molecule has 14 nitrogen and oxygen atoms in total. The van der Waals surface area contributed by atoms with Gasteiger partial charge in [-0.15, -0.1) is 0 Å². The molecule has 0 spiro atoms. The molecule has 2 N–H and O–H groups in total. The summed E-state index contributed by atoms with van der Waals surface area (Å²) in [5.74, 6) is -6.54. The number of hydrogen-bond acceptors (Lipinski definition) is 14. The van der Waals surface area contributed by atoms with Crippen LogP contribution in [0.25, 0.3) is 0 Å². The molecule has 0 bridgehead atoms. The van der Waals surface area contributed by atoms with E-state index in [1.807, 2.05) is 25.9 Å². The van der Waals surface area contributed by atoms with Crippen molar-refractivity contribution in [3.63, 3.8) is 0 Å². The monoisotopic (exact) mass is 785 g/mol. The number of aliphatic hydroxyl groups is 2. The minimum atomic E-state index is -4.39. The van der Waals surface area contributed by atoms with Gasteiger partial charge in [0, 0.05) is 31.8 Å². The number of benzene rings is 1. The third-order valence-electron chi connectivity index (χ3n) is 11.2. The Morgan fingerprint density at radius 3 is 2.17 bits per heavy atom. The molecular formula is C39H63NO13S. The largest absolute Gasteiger partial charge is 0.459 e. The second-order valence-electron chi connectivity index (χ2n) is 15.9. The van der Waals surface area contributed by atoms with Crippen molar-refractivity contribution >= 4 is 27.8 Å². The van der Waals surface area contributed by atoms with Gasteiger partial charge in [0.2, 0.25) is 0 Å². The Hall–Kier alpha value is -2.50. The van der Waals surface area contributed by atoms with Crippen LogP contribution in [0.5, 0.6) is 0 Å². The highest BCUT2D eigenvalue weighted by Crippen LogP contribution is 2.41. The molecule has 14 atom stereocenters. The summed E-state index contributed by atoms with van der Waals surface area (Å²) < 4.78 is 64.7. The molecule has 2 aliphatic heterocycles. The van der Waals surface area contributed by atoms with Crippen LogP contribution < -0.4 is 0 Å². The fourth-order valence-corrected chi connectivity index (χ4v) is 9.38. The molecule has 54 heavy (non-hydrogen) atoms. The molecule has 0 aromatic heterocycles. The average molecular weight is 786 g/mol. The number of carbonyl (C=O) groups is 3. The molecule has 2 fully saturated rings. The lowest BCUT2D eigenvalue weighted by Crippen LogP contribution is -2.61. The maximum atomic E-state index is 14.1. The molecule has 1 aromatic carbocycles. The summed E-state index contributed by atoms with van der Waals surface area (Å²) in [6, 6.07) is 8.09. The van der Waals surface area contributed by atoms with Gasteiger partial charge >= 0.3 is 11.9 Å². The van der Waals surface area contributed by atoms with Gasteiger partial charge in [0.25, 0.3) is 10.1 Å². The summed E-state index contributed by atoms with van der Waals surface area (Å²) in [7, 11) is 0.726. The number of ketones is 1. The van der Waals surface area contributed by atoms with Crippen LogP contribution in [0.2, 0.25) is 0 Å². The quantitative estimate of drug-likeness (QED) is 0.259. The third-order valence-corrected chi connectivity index (χ3v) is 12.4. The van der Waals surface area contributed by atoms with Crippen LogP contribution in [-0.2, 0) is 58.1 Å². The number of rotatable bonds is 10. The van der Waals surface area contributed by atoms with Gasteiger partial charge in [-0.05, 0) is 66.6 Å². The van der Waals surface area contributed by atoms with Crippen LogP contribution in [0.3, 0.4) is 0 Å². The zero-order valence-electron chi connectivity index (χ0n) is 33.9. The van der Waals surface area contributed by atoms with Gasteiger partial charge in [0.1, 0.15) is 23.2 Å². The van der Waals surface area contributed by atoms with Gasteiger partial charge in [-0.1, -0.05) is 58.0 Å². The lowest BCUT2D eigenvalue weighted by atomic mass is 9.74. The number of cyclic esters (lactones) is 1. The van der Waals surface area contributed by atoms with Crippen LogP contribution >= 0.6 is 0 Å². The molecule has 1 aromatic rings. The van der Waals surface area contributed by atoms with Gasteiger partial charge in [-0.3, -0.25) is 18.6 Å².